The number of benzene rings is 1. The zero-order valence-corrected chi connectivity index (χ0v) is 15.0. The molecule has 3 heteroatoms. The molecule has 0 amide bonds. The van der Waals surface area contributed by atoms with Crippen LogP contribution in [0.3, 0.4) is 0 Å². The van der Waals surface area contributed by atoms with Gasteiger partial charge < -0.3 is 5.32 Å². The van der Waals surface area contributed by atoms with Crippen molar-refractivity contribution >= 4 is 15.9 Å². The third-order valence-electron chi connectivity index (χ3n) is 4.83. The predicted molar refractivity (Wildman–Crippen MR) is 91.0 cm³/mol. The van der Waals surface area contributed by atoms with E-state index in [2.05, 4.69) is 42.0 Å². The van der Waals surface area contributed by atoms with Crippen molar-refractivity contribution in [2.24, 2.45) is 17.3 Å². The van der Waals surface area contributed by atoms with Crippen molar-refractivity contribution in [2.75, 3.05) is 13.1 Å². The van der Waals surface area contributed by atoms with Gasteiger partial charge in [-0.2, -0.15) is 0 Å². The van der Waals surface area contributed by atoms with E-state index in [0.717, 1.165) is 29.5 Å². The monoisotopic (exact) mass is 355 g/mol. The van der Waals surface area contributed by atoms with Crippen LogP contribution in [0.1, 0.15) is 45.6 Å². The van der Waals surface area contributed by atoms with E-state index in [1.807, 2.05) is 12.1 Å². The van der Waals surface area contributed by atoms with Crippen LogP contribution in [-0.4, -0.2) is 13.1 Å². The Hall–Kier alpha value is -0.410. The van der Waals surface area contributed by atoms with Crippen molar-refractivity contribution in [3.63, 3.8) is 0 Å². The van der Waals surface area contributed by atoms with E-state index in [0.29, 0.717) is 17.3 Å². The van der Waals surface area contributed by atoms with E-state index in [4.69, 9.17) is 0 Å². The summed E-state index contributed by atoms with van der Waals surface area (Å²) in [5.74, 6) is 1.17. The fraction of sp³-hybridized carbons (Fsp3) is 0.667. The van der Waals surface area contributed by atoms with Crippen molar-refractivity contribution in [1.82, 2.24) is 5.32 Å². The maximum absolute atomic E-state index is 14.1. The predicted octanol–water partition coefficient (Wildman–Crippen LogP) is 5.18. The molecule has 1 aromatic carbocycles. The quantitative estimate of drug-likeness (QED) is 0.766. The Bertz CT molecular complexity index is 472. The van der Waals surface area contributed by atoms with Crippen LogP contribution < -0.4 is 5.32 Å². The zero-order chi connectivity index (χ0) is 15.5. The van der Waals surface area contributed by atoms with E-state index >= 15 is 0 Å². The molecule has 1 fully saturated rings. The van der Waals surface area contributed by atoms with E-state index in [1.165, 1.54) is 19.3 Å². The highest BCUT2D eigenvalue weighted by Crippen LogP contribution is 2.43. The SMILES string of the molecule is CCNCC1CCC(C)(C)CC1Cc1ccc(Br)cc1F. The lowest BCUT2D eigenvalue weighted by atomic mass is 9.65. The third kappa shape index (κ3) is 4.79. The molecule has 1 aliphatic carbocycles. The molecule has 2 rings (SSSR count). The van der Waals surface area contributed by atoms with Gasteiger partial charge >= 0.3 is 0 Å². The first-order valence-electron chi connectivity index (χ1n) is 8.06. The molecule has 2 unspecified atom stereocenters. The van der Waals surface area contributed by atoms with Crippen LogP contribution in [0.2, 0.25) is 0 Å². The van der Waals surface area contributed by atoms with Gasteiger partial charge in [-0.3, -0.25) is 0 Å². The summed E-state index contributed by atoms with van der Waals surface area (Å²) in [6.07, 6.45) is 4.59. The number of nitrogens with one attached hydrogen (secondary N) is 1. The van der Waals surface area contributed by atoms with E-state index in [-0.39, 0.29) is 5.82 Å². The second-order valence-corrected chi connectivity index (χ2v) is 8.09. The van der Waals surface area contributed by atoms with Gasteiger partial charge in [0.05, 0.1) is 0 Å². The average Bonchev–Trinajstić information content (AvgIpc) is 2.40. The largest absolute Gasteiger partial charge is 0.317 e. The van der Waals surface area contributed by atoms with Crippen LogP contribution >= 0.6 is 15.9 Å². The number of hydrogen-bond acceptors (Lipinski definition) is 1. The summed E-state index contributed by atoms with van der Waals surface area (Å²) in [6.45, 7) is 8.92. The van der Waals surface area contributed by atoms with E-state index in [9.17, 15) is 4.39 Å². The molecule has 0 bridgehead atoms. The van der Waals surface area contributed by atoms with Gasteiger partial charge in [0.1, 0.15) is 5.82 Å². The molecule has 0 aromatic heterocycles. The molecule has 1 aliphatic rings. The molecular weight excluding hydrogens is 329 g/mol. The minimum absolute atomic E-state index is 0.0741. The summed E-state index contributed by atoms with van der Waals surface area (Å²) in [5, 5.41) is 3.48. The average molecular weight is 356 g/mol. The normalized spacial score (nSPS) is 25.0. The molecule has 0 saturated heterocycles. The highest BCUT2D eigenvalue weighted by molar-refractivity contribution is 9.10. The maximum atomic E-state index is 14.1. The minimum atomic E-state index is -0.0741. The number of halogens is 2. The standard InChI is InChI=1S/C18H27BrFN/c1-4-21-12-14-7-8-18(2,3)11-15(14)9-13-5-6-16(19)10-17(13)20/h5-6,10,14-15,21H,4,7-9,11-12H2,1-3H3. The summed E-state index contributed by atoms with van der Waals surface area (Å²) in [7, 11) is 0. The molecular formula is C18H27BrFN. The Morgan fingerprint density at radius 3 is 2.76 bits per heavy atom. The van der Waals surface area contributed by atoms with E-state index < -0.39 is 0 Å². The summed E-state index contributed by atoms with van der Waals surface area (Å²) in [5.41, 5.74) is 1.25. The zero-order valence-electron chi connectivity index (χ0n) is 13.4. The summed E-state index contributed by atoms with van der Waals surface area (Å²) in [4.78, 5) is 0. The lowest BCUT2D eigenvalue weighted by molar-refractivity contribution is 0.115. The smallest absolute Gasteiger partial charge is 0.127 e. The lowest BCUT2D eigenvalue weighted by Gasteiger charge is -2.41. The first kappa shape index (κ1) is 17.0. The summed E-state index contributed by atoms with van der Waals surface area (Å²) in [6, 6.07) is 5.47. The Morgan fingerprint density at radius 2 is 2.10 bits per heavy atom. The highest BCUT2D eigenvalue weighted by atomic mass is 79.9. The van der Waals surface area contributed by atoms with Crippen LogP contribution in [0.4, 0.5) is 4.39 Å². The van der Waals surface area contributed by atoms with Crippen molar-refractivity contribution in [3.8, 4) is 0 Å². The molecule has 0 aliphatic heterocycles. The Balaban J connectivity index is 2.11. The number of hydrogen-bond donors (Lipinski definition) is 1. The lowest BCUT2D eigenvalue weighted by Crippen LogP contribution is -2.37. The van der Waals surface area contributed by atoms with Crippen LogP contribution in [0.5, 0.6) is 0 Å². The third-order valence-corrected chi connectivity index (χ3v) is 5.32. The Labute approximate surface area is 136 Å². The molecule has 0 radical (unpaired) electrons. The summed E-state index contributed by atoms with van der Waals surface area (Å²) >= 11 is 3.34. The maximum Gasteiger partial charge on any atom is 0.127 e. The van der Waals surface area contributed by atoms with Gasteiger partial charge in [0.15, 0.2) is 0 Å². The minimum Gasteiger partial charge on any atom is -0.317 e. The molecule has 1 nitrogen and oxygen atoms in total. The summed E-state index contributed by atoms with van der Waals surface area (Å²) < 4.78 is 14.9. The fourth-order valence-electron chi connectivity index (χ4n) is 3.60. The molecule has 1 N–H and O–H groups in total. The first-order chi connectivity index (χ1) is 9.91. The Morgan fingerprint density at radius 1 is 1.33 bits per heavy atom. The highest BCUT2D eigenvalue weighted by Gasteiger charge is 2.34. The van der Waals surface area contributed by atoms with Gasteiger partial charge in [0, 0.05) is 4.47 Å². The molecule has 1 aromatic rings. The topological polar surface area (TPSA) is 12.0 Å². The molecule has 0 heterocycles. The van der Waals surface area contributed by atoms with Crippen molar-refractivity contribution < 1.29 is 4.39 Å². The van der Waals surface area contributed by atoms with Gasteiger partial charge in [-0.05, 0) is 73.7 Å². The molecule has 1 saturated carbocycles. The van der Waals surface area contributed by atoms with Crippen molar-refractivity contribution in [2.45, 2.75) is 46.5 Å². The van der Waals surface area contributed by atoms with Crippen LogP contribution in [-0.2, 0) is 6.42 Å². The molecule has 2 atom stereocenters. The van der Waals surface area contributed by atoms with Crippen LogP contribution in [0, 0.1) is 23.1 Å². The number of rotatable bonds is 5. The van der Waals surface area contributed by atoms with Crippen LogP contribution in [0.15, 0.2) is 22.7 Å². The van der Waals surface area contributed by atoms with E-state index in [1.54, 1.807) is 6.07 Å². The first-order valence-corrected chi connectivity index (χ1v) is 8.85. The second-order valence-electron chi connectivity index (χ2n) is 7.17. The van der Waals surface area contributed by atoms with Gasteiger partial charge in [0.25, 0.3) is 0 Å². The fourth-order valence-corrected chi connectivity index (χ4v) is 3.93. The van der Waals surface area contributed by atoms with Crippen molar-refractivity contribution in [3.05, 3.63) is 34.1 Å². The second kappa shape index (κ2) is 7.23. The van der Waals surface area contributed by atoms with Gasteiger partial charge in [-0.15, -0.1) is 0 Å². The van der Waals surface area contributed by atoms with Gasteiger partial charge in [-0.1, -0.05) is 42.8 Å². The van der Waals surface area contributed by atoms with Gasteiger partial charge in [0.2, 0.25) is 0 Å². The van der Waals surface area contributed by atoms with Crippen LogP contribution in [0.25, 0.3) is 0 Å². The molecule has 0 spiro atoms. The van der Waals surface area contributed by atoms with Crippen molar-refractivity contribution in [1.29, 1.82) is 0 Å². The molecule has 21 heavy (non-hydrogen) atoms. The Kier molecular flexibility index (Phi) is 5.84. The molecule has 118 valence electrons. The van der Waals surface area contributed by atoms with Gasteiger partial charge in [-0.25, -0.2) is 4.39 Å².